The number of amides is 3. The van der Waals surface area contributed by atoms with Gasteiger partial charge in [0.25, 0.3) is 0 Å². The molecule has 5 rings (SSSR count). The van der Waals surface area contributed by atoms with Gasteiger partial charge in [0.1, 0.15) is 6.04 Å². The Morgan fingerprint density at radius 1 is 0.889 bits per heavy atom. The highest BCUT2D eigenvalue weighted by Gasteiger charge is 2.60. The molecule has 7 heteroatoms. The molecular weight excluding hydrogens is 454 g/mol. The molecule has 7 nitrogen and oxygen atoms in total. The molecule has 2 aliphatic heterocycles. The zero-order valence-corrected chi connectivity index (χ0v) is 20.3. The van der Waals surface area contributed by atoms with E-state index in [4.69, 9.17) is 4.74 Å². The molecule has 1 fully saturated rings. The number of hydrogen-bond acceptors (Lipinski definition) is 4. The van der Waals surface area contributed by atoms with Gasteiger partial charge in [-0.05, 0) is 29.7 Å². The summed E-state index contributed by atoms with van der Waals surface area (Å²) in [6, 6.07) is 24.7. The van der Waals surface area contributed by atoms with E-state index in [2.05, 4.69) is 5.32 Å². The molecule has 0 aromatic heterocycles. The monoisotopic (exact) mass is 483 g/mol. The fraction of sp³-hybridized carbons (Fsp3) is 0.276. The van der Waals surface area contributed by atoms with Crippen molar-refractivity contribution >= 4 is 23.6 Å². The first kappa shape index (κ1) is 23.6. The fourth-order valence-electron chi connectivity index (χ4n) is 5.59. The number of fused-ring (bicyclic) bond motifs is 3. The fourth-order valence-corrected chi connectivity index (χ4v) is 5.59. The molecule has 184 valence electrons. The topological polar surface area (TPSA) is 79.0 Å². The minimum Gasteiger partial charge on any atom is -0.466 e. The summed E-state index contributed by atoms with van der Waals surface area (Å²) in [4.78, 5) is 44.3. The molecule has 0 spiro atoms. The van der Waals surface area contributed by atoms with Gasteiger partial charge >= 0.3 is 12.0 Å². The summed E-state index contributed by atoms with van der Waals surface area (Å²) in [5.74, 6) is -1.90. The van der Waals surface area contributed by atoms with Gasteiger partial charge in [-0.25, -0.2) is 4.79 Å². The van der Waals surface area contributed by atoms with E-state index in [-0.39, 0.29) is 12.5 Å². The van der Waals surface area contributed by atoms with E-state index in [1.807, 2.05) is 84.9 Å². The lowest BCUT2D eigenvalue weighted by atomic mass is 9.77. The lowest BCUT2D eigenvalue weighted by Crippen LogP contribution is -2.54. The molecule has 0 radical (unpaired) electrons. The average molecular weight is 484 g/mol. The van der Waals surface area contributed by atoms with E-state index in [0.29, 0.717) is 6.54 Å². The van der Waals surface area contributed by atoms with Gasteiger partial charge in [0.2, 0.25) is 5.91 Å². The Bertz CT molecular complexity index is 1260. The van der Waals surface area contributed by atoms with Crippen molar-refractivity contribution in [3.63, 3.8) is 0 Å². The number of hydrogen-bond donors (Lipinski definition) is 1. The smallest absolute Gasteiger partial charge is 0.318 e. The van der Waals surface area contributed by atoms with Crippen LogP contribution < -0.4 is 10.2 Å². The number of carbonyl (C=O) groups excluding carboxylic acids is 3. The molecule has 2 heterocycles. The minimum absolute atomic E-state index is 0.212. The lowest BCUT2D eigenvalue weighted by Gasteiger charge is -2.38. The van der Waals surface area contributed by atoms with E-state index >= 15 is 0 Å². The molecule has 1 N–H and O–H groups in total. The van der Waals surface area contributed by atoms with Crippen LogP contribution in [0.5, 0.6) is 0 Å². The first-order valence-electron chi connectivity index (χ1n) is 12.2. The number of urea groups is 1. The number of likely N-dealkylation sites (tertiary alicyclic amines) is 1. The van der Waals surface area contributed by atoms with Crippen molar-refractivity contribution in [3.05, 3.63) is 102 Å². The van der Waals surface area contributed by atoms with Crippen LogP contribution in [0.1, 0.15) is 35.6 Å². The van der Waals surface area contributed by atoms with Crippen LogP contribution in [-0.4, -0.2) is 42.5 Å². The third-order valence-corrected chi connectivity index (χ3v) is 7.13. The van der Waals surface area contributed by atoms with Crippen LogP contribution in [0.25, 0.3) is 0 Å². The van der Waals surface area contributed by atoms with Crippen LogP contribution >= 0.6 is 0 Å². The molecule has 3 amide bonds. The number of nitrogens with zero attached hydrogens (tertiary/aromatic N) is 2. The number of likely N-dealkylation sites (N-methyl/N-ethyl adjacent to an activating group) is 1. The highest BCUT2D eigenvalue weighted by molar-refractivity contribution is 6.04. The van der Waals surface area contributed by atoms with E-state index in [9.17, 15) is 14.4 Å². The van der Waals surface area contributed by atoms with E-state index in [0.717, 1.165) is 22.4 Å². The molecule has 3 aromatic carbocycles. The summed E-state index contributed by atoms with van der Waals surface area (Å²) in [6.07, 6.45) is 0. The normalized spacial score (nSPS) is 22.6. The SMILES string of the molecule is CCOC(=O)[C@@H]1[C@H]2c3ccccc3N(C)C(=O)[C@H]2N(C(=O)NCc2ccccc2)[C@@H]1c1ccccc1. The van der Waals surface area contributed by atoms with E-state index < -0.39 is 35.9 Å². The number of ether oxygens (including phenoxy) is 1. The Hall–Kier alpha value is -4.13. The first-order valence-corrected chi connectivity index (χ1v) is 12.2. The maximum absolute atomic E-state index is 13.8. The van der Waals surface area contributed by atoms with Gasteiger partial charge in [-0.15, -0.1) is 0 Å². The molecule has 1 saturated heterocycles. The number of anilines is 1. The van der Waals surface area contributed by atoms with Gasteiger partial charge < -0.3 is 19.9 Å². The van der Waals surface area contributed by atoms with Gasteiger partial charge in [0, 0.05) is 25.2 Å². The second-order valence-corrected chi connectivity index (χ2v) is 9.11. The second kappa shape index (κ2) is 9.85. The number of nitrogens with one attached hydrogen (secondary N) is 1. The Morgan fingerprint density at radius 2 is 1.53 bits per heavy atom. The molecule has 4 atom stereocenters. The number of carbonyl (C=O) groups is 3. The Morgan fingerprint density at radius 3 is 2.22 bits per heavy atom. The predicted molar refractivity (Wildman–Crippen MR) is 136 cm³/mol. The summed E-state index contributed by atoms with van der Waals surface area (Å²) in [6.45, 7) is 2.28. The molecule has 0 bridgehead atoms. The van der Waals surface area contributed by atoms with Crippen LogP contribution in [0.3, 0.4) is 0 Å². The third kappa shape index (κ3) is 4.00. The molecule has 3 aromatic rings. The average Bonchev–Trinajstić information content (AvgIpc) is 3.28. The number of para-hydroxylation sites is 1. The van der Waals surface area contributed by atoms with Gasteiger partial charge in [-0.3, -0.25) is 9.59 Å². The Labute approximate surface area is 210 Å². The lowest BCUT2D eigenvalue weighted by molar-refractivity contribution is -0.149. The molecule has 2 aliphatic rings. The minimum atomic E-state index is -0.847. The highest BCUT2D eigenvalue weighted by Crippen LogP contribution is 2.54. The Kier molecular flexibility index (Phi) is 6.46. The van der Waals surface area contributed by atoms with Gasteiger partial charge in [0.05, 0.1) is 18.6 Å². The van der Waals surface area contributed by atoms with Crippen LogP contribution in [0.2, 0.25) is 0 Å². The van der Waals surface area contributed by atoms with Crippen LogP contribution in [0.4, 0.5) is 10.5 Å². The molecule has 36 heavy (non-hydrogen) atoms. The van der Waals surface area contributed by atoms with Crippen molar-refractivity contribution in [3.8, 4) is 0 Å². The van der Waals surface area contributed by atoms with Crippen molar-refractivity contribution in [2.24, 2.45) is 5.92 Å². The van der Waals surface area contributed by atoms with Gasteiger partial charge in [-0.2, -0.15) is 0 Å². The zero-order chi connectivity index (χ0) is 25.2. The molecule has 0 aliphatic carbocycles. The van der Waals surface area contributed by atoms with Gasteiger partial charge in [-0.1, -0.05) is 78.9 Å². The van der Waals surface area contributed by atoms with E-state index in [1.54, 1.807) is 23.8 Å². The van der Waals surface area contributed by atoms with Crippen LogP contribution in [-0.2, 0) is 20.9 Å². The van der Waals surface area contributed by atoms with Crippen LogP contribution in [0, 0.1) is 5.92 Å². The summed E-state index contributed by atoms with van der Waals surface area (Å²) in [5.41, 5.74) is 3.34. The van der Waals surface area contributed by atoms with Crippen molar-refractivity contribution in [2.45, 2.75) is 31.5 Å². The van der Waals surface area contributed by atoms with Crippen molar-refractivity contribution in [1.29, 1.82) is 0 Å². The summed E-state index contributed by atoms with van der Waals surface area (Å²) in [5, 5.41) is 2.99. The van der Waals surface area contributed by atoms with Crippen molar-refractivity contribution in [1.82, 2.24) is 10.2 Å². The largest absolute Gasteiger partial charge is 0.466 e. The highest BCUT2D eigenvalue weighted by atomic mass is 16.5. The summed E-state index contributed by atoms with van der Waals surface area (Å²) < 4.78 is 5.54. The van der Waals surface area contributed by atoms with Gasteiger partial charge in [0.15, 0.2) is 0 Å². The number of esters is 1. The number of rotatable bonds is 5. The summed E-state index contributed by atoms with van der Waals surface area (Å²) in [7, 11) is 1.71. The maximum Gasteiger partial charge on any atom is 0.318 e. The van der Waals surface area contributed by atoms with Crippen molar-refractivity contribution in [2.75, 3.05) is 18.6 Å². The summed E-state index contributed by atoms with van der Waals surface area (Å²) >= 11 is 0. The maximum atomic E-state index is 13.8. The molecule has 0 unspecified atom stereocenters. The zero-order valence-electron chi connectivity index (χ0n) is 20.3. The molecular formula is C29H29N3O4. The van der Waals surface area contributed by atoms with Crippen LogP contribution in [0.15, 0.2) is 84.9 Å². The van der Waals surface area contributed by atoms with Crippen molar-refractivity contribution < 1.29 is 19.1 Å². The standard InChI is InChI=1S/C29H29N3O4/c1-3-36-28(34)24-23-21-16-10-11-17-22(21)31(2)27(33)26(23)32(25(24)20-14-8-5-9-15-20)29(35)30-18-19-12-6-4-7-13-19/h4-17,23-26H,3,18H2,1-2H3,(H,30,35)/t23-,24-,25-,26+/m1/s1. The quantitative estimate of drug-likeness (QED) is 0.550. The molecule has 0 saturated carbocycles. The van der Waals surface area contributed by atoms with E-state index in [1.165, 1.54) is 0 Å². The first-order chi connectivity index (χ1) is 17.5. The predicted octanol–water partition coefficient (Wildman–Crippen LogP) is 4.26. The Balaban J connectivity index is 1.63. The number of benzene rings is 3. The third-order valence-electron chi connectivity index (χ3n) is 7.13. The second-order valence-electron chi connectivity index (χ2n) is 9.11.